The third kappa shape index (κ3) is 7.30. The number of rotatable bonds is 4. The fraction of sp³-hybridized carbons (Fsp3) is 0.500. The summed E-state index contributed by atoms with van der Waals surface area (Å²) in [5.74, 6) is -0.913. The Morgan fingerprint density at radius 1 is 1.60 bits per heavy atom. The molecule has 0 aliphatic rings. The van der Waals surface area contributed by atoms with Gasteiger partial charge >= 0.3 is 10.4 Å². The predicted octanol–water partition coefficient (Wildman–Crippen LogP) is -1.78. The monoisotopic (exact) mass is 171 g/mol. The molecule has 0 atom stereocenters. The second kappa shape index (κ2) is 3.46. The third-order valence-electron chi connectivity index (χ3n) is 0.335. The van der Waals surface area contributed by atoms with E-state index >= 15 is 0 Å². The van der Waals surface area contributed by atoms with Gasteiger partial charge < -0.3 is 5.73 Å². The van der Waals surface area contributed by atoms with Crippen molar-refractivity contribution in [3.63, 3.8) is 0 Å². The van der Waals surface area contributed by atoms with Gasteiger partial charge in [0.2, 0.25) is 5.91 Å². The molecule has 0 fully saturated rings. The highest BCUT2D eigenvalue weighted by Crippen LogP contribution is 1.85. The molecule has 0 aromatic rings. The summed E-state index contributed by atoms with van der Waals surface area (Å²) in [4.78, 5) is 13.5. The average Bonchev–Trinajstić information content (AvgIpc) is 1.59. The van der Waals surface area contributed by atoms with Crippen LogP contribution < -0.4 is 5.73 Å². The van der Waals surface area contributed by atoms with Crippen molar-refractivity contribution in [3.05, 3.63) is 0 Å². The van der Waals surface area contributed by atoms with Gasteiger partial charge in [0.15, 0.2) is 6.61 Å². The molecule has 0 rings (SSSR count). The zero-order valence-electron chi connectivity index (χ0n) is 4.68. The topological polar surface area (TPSA) is 116 Å². The summed E-state index contributed by atoms with van der Waals surface area (Å²) in [5.41, 5.74) is 4.50. The summed E-state index contributed by atoms with van der Waals surface area (Å²) in [7, 11) is -4.65. The minimum Gasteiger partial charge on any atom is -0.368 e. The van der Waals surface area contributed by atoms with Crippen molar-refractivity contribution >= 4 is 16.3 Å². The van der Waals surface area contributed by atoms with Gasteiger partial charge in [-0.25, -0.2) is 4.89 Å². The lowest BCUT2D eigenvalue weighted by Crippen LogP contribution is -2.19. The van der Waals surface area contributed by atoms with Crippen LogP contribution in [0.1, 0.15) is 0 Å². The van der Waals surface area contributed by atoms with Crippen LogP contribution in [0.5, 0.6) is 0 Å². The fourth-order valence-electron chi connectivity index (χ4n) is 0.143. The number of nitrogens with two attached hydrogens (primary N) is 1. The maximum atomic E-state index is 9.83. The molecule has 0 aliphatic heterocycles. The fourth-order valence-corrected chi connectivity index (χ4v) is 0.313. The first-order chi connectivity index (χ1) is 4.42. The maximum absolute atomic E-state index is 9.83. The first-order valence-electron chi connectivity index (χ1n) is 1.98. The van der Waals surface area contributed by atoms with E-state index in [0.29, 0.717) is 0 Å². The Morgan fingerprint density at radius 3 is 2.40 bits per heavy atom. The van der Waals surface area contributed by atoms with Crippen molar-refractivity contribution in [2.75, 3.05) is 6.61 Å². The molecule has 0 aromatic carbocycles. The maximum Gasteiger partial charge on any atom is 0.424 e. The van der Waals surface area contributed by atoms with Gasteiger partial charge in [-0.15, -0.1) is 0 Å². The van der Waals surface area contributed by atoms with Crippen molar-refractivity contribution in [3.8, 4) is 0 Å². The van der Waals surface area contributed by atoms with Gasteiger partial charge in [-0.3, -0.25) is 9.35 Å². The lowest BCUT2D eigenvalue weighted by molar-refractivity contribution is -0.206. The van der Waals surface area contributed by atoms with Gasteiger partial charge in [0.25, 0.3) is 0 Å². The van der Waals surface area contributed by atoms with Crippen molar-refractivity contribution in [1.29, 1.82) is 0 Å². The molecule has 0 heterocycles. The molecule has 0 aliphatic carbocycles. The van der Waals surface area contributed by atoms with Crippen molar-refractivity contribution in [2.24, 2.45) is 5.73 Å². The molecule has 0 aromatic heterocycles. The summed E-state index contributed by atoms with van der Waals surface area (Å²) < 4.78 is 30.4. The Kier molecular flexibility index (Phi) is 3.22. The van der Waals surface area contributed by atoms with Crippen molar-refractivity contribution in [1.82, 2.24) is 0 Å². The van der Waals surface area contributed by atoms with Gasteiger partial charge in [0.05, 0.1) is 0 Å². The second-order valence-electron chi connectivity index (χ2n) is 1.22. The second-order valence-corrected chi connectivity index (χ2v) is 2.22. The molecule has 0 radical (unpaired) electrons. The molecule has 7 nitrogen and oxygen atoms in total. The Balaban J connectivity index is 3.49. The number of amides is 1. The van der Waals surface area contributed by atoms with E-state index in [1.54, 1.807) is 0 Å². The first kappa shape index (κ1) is 9.30. The van der Waals surface area contributed by atoms with Crippen molar-refractivity contribution in [2.45, 2.75) is 0 Å². The summed E-state index contributed by atoms with van der Waals surface area (Å²) in [5, 5.41) is 0. The van der Waals surface area contributed by atoms with E-state index in [9.17, 15) is 13.2 Å². The highest BCUT2D eigenvalue weighted by Gasteiger charge is 2.05. The number of carbonyl (C=O) groups excluding carboxylic acids is 1. The van der Waals surface area contributed by atoms with Crippen LogP contribution in [0.25, 0.3) is 0 Å². The minimum absolute atomic E-state index is 0.736. The summed E-state index contributed by atoms with van der Waals surface area (Å²) >= 11 is 0. The van der Waals surface area contributed by atoms with Crippen LogP contribution in [0.3, 0.4) is 0 Å². The molecule has 0 unspecified atom stereocenters. The molecule has 60 valence electrons. The molecule has 0 spiro atoms. The Hall–Kier alpha value is -0.700. The van der Waals surface area contributed by atoms with Gasteiger partial charge in [0, 0.05) is 0 Å². The van der Waals surface area contributed by atoms with Gasteiger partial charge in [-0.05, 0) is 0 Å². The number of carbonyl (C=O) groups is 1. The van der Waals surface area contributed by atoms with Gasteiger partial charge in [-0.1, -0.05) is 4.33 Å². The molecule has 0 saturated heterocycles. The molecular formula is C2H5NO6S. The van der Waals surface area contributed by atoms with E-state index in [2.05, 4.69) is 15.0 Å². The summed E-state index contributed by atoms with van der Waals surface area (Å²) in [6, 6.07) is 0. The normalized spacial score (nSPS) is 11.3. The molecule has 3 N–H and O–H groups in total. The molecule has 1 amide bonds. The van der Waals surface area contributed by atoms with Crippen LogP contribution >= 0.6 is 0 Å². The van der Waals surface area contributed by atoms with Gasteiger partial charge in [-0.2, -0.15) is 8.42 Å². The van der Waals surface area contributed by atoms with Gasteiger partial charge in [0.1, 0.15) is 0 Å². The van der Waals surface area contributed by atoms with Crippen LogP contribution in [0, 0.1) is 0 Å². The molecule has 10 heavy (non-hydrogen) atoms. The van der Waals surface area contributed by atoms with E-state index in [4.69, 9.17) is 4.55 Å². The van der Waals surface area contributed by atoms with E-state index in [0.717, 1.165) is 0 Å². The standard InChI is InChI=1S/C2H5NO6S/c3-2(4)1-8-9-10(5,6)7/h1H2,(H2,3,4)(H,5,6,7). The highest BCUT2D eigenvalue weighted by atomic mass is 32.3. The Morgan fingerprint density at radius 2 is 2.10 bits per heavy atom. The lowest BCUT2D eigenvalue weighted by Gasteiger charge is -1.94. The number of primary amides is 1. The largest absolute Gasteiger partial charge is 0.424 e. The van der Waals surface area contributed by atoms with E-state index in [1.807, 2.05) is 0 Å². The minimum atomic E-state index is -4.65. The quantitative estimate of drug-likeness (QED) is 0.293. The zero-order chi connectivity index (χ0) is 8.20. The zero-order valence-corrected chi connectivity index (χ0v) is 5.50. The SMILES string of the molecule is NC(=O)COOS(=O)(=O)O. The van der Waals surface area contributed by atoms with E-state index in [1.165, 1.54) is 0 Å². The molecular weight excluding hydrogens is 166 g/mol. The van der Waals surface area contributed by atoms with Crippen LogP contribution in [-0.2, 0) is 24.4 Å². The van der Waals surface area contributed by atoms with Crippen LogP contribution in [-0.4, -0.2) is 25.5 Å². The first-order valence-corrected chi connectivity index (χ1v) is 3.35. The van der Waals surface area contributed by atoms with Crippen LogP contribution in [0.15, 0.2) is 0 Å². The van der Waals surface area contributed by atoms with E-state index < -0.39 is 22.9 Å². The smallest absolute Gasteiger partial charge is 0.368 e. The summed E-state index contributed by atoms with van der Waals surface area (Å²) in [6.07, 6.45) is 0. The molecule has 0 bridgehead atoms. The average molecular weight is 171 g/mol. The van der Waals surface area contributed by atoms with Crippen molar-refractivity contribution < 1.29 is 27.0 Å². The molecule has 8 heteroatoms. The van der Waals surface area contributed by atoms with Crippen LogP contribution in [0.2, 0.25) is 0 Å². The van der Waals surface area contributed by atoms with E-state index in [-0.39, 0.29) is 0 Å². The lowest BCUT2D eigenvalue weighted by atomic mass is 10.7. The van der Waals surface area contributed by atoms with Crippen LogP contribution in [0.4, 0.5) is 0 Å². The molecule has 0 saturated carbocycles. The predicted molar refractivity (Wildman–Crippen MR) is 27.8 cm³/mol. The third-order valence-corrected chi connectivity index (χ3v) is 0.603. The number of hydrogen-bond acceptors (Lipinski definition) is 5. The number of hydrogen-bond donors (Lipinski definition) is 2. The Bertz CT molecular complexity index is 206. The highest BCUT2D eigenvalue weighted by molar-refractivity contribution is 7.80. The Labute approximate surface area is 56.6 Å². The summed E-state index contributed by atoms with van der Waals surface area (Å²) in [6.45, 7) is -0.736.